The lowest BCUT2D eigenvalue weighted by atomic mass is 10.2. The average molecular weight is 126 g/mol. The highest BCUT2D eigenvalue weighted by Gasteiger charge is 1.87. The molecule has 0 saturated heterocycles. The number of hydrogen-bond donors (Lipinski definition) is 2. The van der Waals surface area contributed by atoms with Gasteiger partial charge in [0.2, 0.25) is 0 Å². The van der Waals surface area contributed by atoms with Crippen LogP contribution in [0.1, 0.15) is 20.3 Å². The number of allylic oxidation sites excluding steroid dienone is 3. The lowest BCUT2D eigenvalue weighted by molar-refractivity contribution is 1.04. The standard InChI is InChI=1S/C7H14N2/c1-3-7(9)6(2)4-5-8/h4-5H,3,8-9H2,1-2H3/b5-4-,7-6-. The second-order valence-electron chi connectivity index (χ2n) is 1.92. The van der Waals surface area contributed by atoms with E-state index >= 15 is 0 Å². The van der Waals surface area contributed by atoms with E-state index in [1.165, 1.54) is 6.20 Å². The molecule has 2 heteroatoms. The Morgan fingerprint density at radius 1 is 1.56 bits per heavy atom. The molecular weight excluding hydrogens is 112 g/mol. The molecule has 9 heavy (non-hydrogen) atoms. The van der Waals surface area contributed by atoms with Gasteiger partial charge in [-0.3, -0.25) is 0 Å². The summed E-state index contributed by atoms with van der Waals surface area (Å²) in [5.74, 6) is 0. The van der Waals surface area contributed by atoms with Gasteiger partial charge in [0.15, 0.2) is 0 Å². The lowest BCUT2D eigenvalue weighted by Crippen LogP contribution is -1.97. The third kappa shape index (κ3) is 2.80. The smallest absolute Gasteiger partial charge is 0.0108 e. The minimum absolute atomic E-state index is 0.885. The zero-order chi connectivity index (χ0) is 7.28. The van der Waals surface area contributed by atoms with Gasteiger partial charge in [0.25, 0.3) is 0 Å². The Balaban J connectivity index is 4.10. The number of hydrogen-bond acceptors (Lipinski definition) is 2. The zero-order valence-electron chi connectivity index (χ0n) is 6.02. The van der Waals surface area contributed by atoms with Crippen molar-refractivity contribution < 1.29 is 0 Å². The average Bonchev–Trinajstić information content (AvgIpc) is 1.87. The van der Waals surface area contributed by atoms with Crippen molar-refractivity contribution in [1.29, 1.82) is 0 Å². The fourth-order valence-corrected chi connectivity index (χ4v) is 0.530. The Morgan fingerprint density at radius 3 is 2.44 bits per heavy atom. The van der Waals surface area contributed by atoms with Crippen molar-refractivity contribution in [2.45, 2.75) is 20.3 Å². The lowest BCUT2D eigenvalue weighted by Gasteiger charge is -1.97. The molecule has 0 aliphatic carbocycles. The Morgan fingerprint density at radius 2 is 2.11 bits per heavy atom. The van der Waals surface area contributed by atoms with E-state index < -0.39 is 0 Å². The van der Waals surface area contributed by atoms with Crippen LogP contribution < -0.4 is 11.5 Å². The molecule has 0 aromatic carbocycles. The van der Waals surface area contributed by atoms with Gasteiger partial charge in [-0.1, -0.05) is 6.92 Å². The first-order chi connectivity index (χ1) is 4.22. The van der Waals surface area contributed by atoms with Gasteiger partial charge < -0.3 is 11.5 Å². The van der Waals surface area contributed by atoms with Gasteiger partial charge in [0, 0.05) is 5.70 Å². The molecule has 0 aromatic rings. The molecule has 0 rings (SSSR count). The first-order valence-corrected chi connectivity index (χ1v) is 3.05. The van der Waals surface area contributed by atoms with Gasteiger partial charge in [-0.15, -0.1) is 0 Å². The van der Waals surface area contributed by atoms with Crippen LogP contribution in [0.25, 0.3) is 0 Å². The van der Waals surface area contributed by atoms with Gasteiger partial charge in [-0.05, 0) is 31.2 Å². The quantitative estimate of drug-likeness (QED) is 0.544. The van der Waals surface area contributed by atoms with E-state index in [1.807, 2.05) is 13.8 Å². The molecule has 2 nitrogen and oxygen atoms in total. The zero-order valence-corrected chi connectivity index (χ0v) is 6.02. The van der Waals surface area contributed by atoms with Crippen LogP contribution in [0.15, 0.2) is 23.5 Å². The maximum Gasteiger partial charge on any atom is 0.0108 e. The third-order valence-corrected chi connectivity index (χ3v) is 1.23. The summed E-state index contributed by atoms with van der Waals surface area (Å²) < 4.78 is 0. The summed E-state index contributed by atoms with van der Waals surface area (Å²) >= 11 is 0. The maximum atomic E-state index is 5.58. The number of nitrogens with two attached hydrogens (primary N) is 2. The van der Waals surface area contributed by atoms with Gasteiger partial charge in [0.1, 0.15) is 0 Å². The molecule has 0 radical (unpaired) electrons. The molecular formula is C7H14N2. The van der Waals surface area contributed by atoms with Crippen LogP contribution >= 0.6 is 0 Å². The Kier molecular flexibility index (Phi) is 3.60. The van der Waals surface area contributed by atoms with Crippen molar-refractivity contribution in [1.82, 2.24) is 0 Å². The van der Waals surface area contributed by atoms with Crippen LogP contribution in [0.2, 0.25) is 0 Å². The molecule has 0 atom stereocenters. The molecule has 4 N–H and O–H groups in total. The minimum atomic E-state index is 0.885. The van der Waals surface area contributed by atoms with E-state index in [-0.39, 0.29) is 0 Å². The second-order valence-corrected chi connectivity index (χ2v) is 1.92. The summed E-state index contributed by atoms with van der Waals surface area (Å²) in [5.41, 5.74) is 12.7. The maximum absolute atomic E-state index is 5.58. The SMILES string of the molecule is CC/C(N)=C(C)/C=C\N. The highest BCUT2D eigenvalue weighted by Crippen LogP contribution is 2.01. The van der Waals surface area contributed by atoms with E-state index in [2.05, 4.69) is 0 Å². The van der Waals surface area contributed by atoms with Gasteiger partial charge in [0.05, 0.1) is 0 Å². The van der Waals surface area contributed by atoms with Crippen LogP contribution in [0, 0.1) is 0 Å². The van der Waals surface area contributed by atoms with Crippen molar-refractivity contribution in [3.63, 3.8) is 0 Å². The van der Waals surface area contributed by atoms with Gasteiger partial charge in [-0.25, -0.2) is 0 Å². The summed E-state index contributed by atoms with van der Waals surface area (Å²) in [6.45, 7) is 3.96. The normalized spacial score (nSPS) is 14.0. The fourth-order valence-electron chi connectivity index (χ4n) is 0.530. The molecule has 0 unspecified atom stereocenters. The molecule has 0 amide bonds. The molecule has 0 spiro atoms. The van der Waals surface area contributed by atoms with E-state index in [1.54, 1.807) is 6.08 Å². The van der Waals surface area contributed by atoms with Gasteiger partial charge >= 0.3 is 0 Å². The Labute approximate surface area is 56.2 Å². The molecule has 0 aliphatic rings. The Bertz CT molecular complexity index is 134. The highest BCUT2D eigenvalue weighted by molar-refractivity contribution is 5.20. The van der Waals surface area contributed by atoms with E-state index in [9.17, 15) is 0 Å². The summed E-state index contributed by atoms with van der Waals surface area (Å²) in [6.07, 6.45) is 4.19. The van der Waals surface area contributed by atoms with Crippen LogP contribution in [0.4, 0.5) is 0 Å². The van der Waals surface area contributed by atoms with Crippen molar-refractivity contribution in [2.24, 2.45) is 11.5 Å². The van der Waals surface area contributed by atoms with Crippen LogP contribution in [0.3, 0.4) is 0 Å². The first kappa shape index (κ1) is 8.08. The van der Waals surface area contributed by atoms with Crippen LogP contribution in [0.5, 0.6) is 0 Å². The molecule has 0 aromatic heterocycles. The summed E-state index contributed by atoms with van der Waals surface area (Å²) in [6, 6.07) is 0. The van der Waals surface area contributed by atoms with Crippen molar-refractivity contribution in [2.75, 3.05) is 0 Å². The summed E-state index contributed by atoms with van der Waals surface area (Å²) in [4.78, 5) is 0. The van der Waals surface area contributed by atoms with Crippen molar-refractivity contribution in [3.05, 3.63) is 23.5 Å². The molecule has 0 saturated carbocycles. The molecule has 0 bridgehead atoms. The molecule has 0 fully saturated rings. The molecule has 52 valence electrons. The Hall–Kier alpha value is -0.920. The molecule has 0 heterocycles. The predicted octanol–water partition coefficient (Wildman–Crippen LogP) is 1.10. The summed E-state index contributed by atoms with van der Waals surface area (Å²) in [5, 5.41) is 0. The third-order valence-electron chi connectivity index (χ3n) is 1.23. The van der Waals surface area contributed by atoms with Crippen molar-refractivity contribution in [3.8, 4) is 0 Å². The van der Waals surface area contributed by atoms with Crippen LogP contribution in [-0.4, -0.2) is 0 Å². The van der Waals surface area contributed by atoms with Crippen LogP contribution in [-0.2, 0) is 0 Å². The minimum Gasteiger partial charge on any atom is -0.405 e. The van der Waals surface area contributed by atoms with Crippen molar-refractivity contribution >= 4 is 0 Å². The van der Waals surface area contributed by atoms with Gasteiger partial charge in [-0.2, -0.15) is 0 Å². The first-order valence-electron chi connectivity index (χ1n) is 3.05. The number of rotatable bonds is 2. The summed E-state index contributed by atoms with van der Waals surface area (Å²) in [7, 11) is 0. The topological polar surface area (TPSA) is 52.0 Å². The monoisotopic (exact) mass is 126 g/mol. The molecule has 0 aliphatic heterocycles. The fraction of sp³-hybridized carbons (Fsp3) is 0.429. The van der Waals surface area contributed by atoms with E-state index in [4.69, 9.17) is 11.5 Å². The predicted molar refractivity (Wildman–Crippen MR) is 40.5 cm³/mol. The van der Waals surface area contributed by atoms with E-state index in [0.717, 1.165) is 17.7 Å². The second kappa shape index (κ2) is 4.01. The van der Waals surface area contributed by atoms with E-state index in [0.29, 0.717) is 0 Å². The highest BCUT2D eigenvalue weighted by atomic mass is 14.6. The largest absolute Gasteiger partial charge is 0.405 e.